The summed E-state index contributed by atoms with van der Waals surface area (Å²) in [4.78, 5) is 0. The Labute approximate surface area is 265 Å². The lowest BCUT2D eigenvalue weighted by molar-refractivity contribution is 0.334. The van der Waals surface area contributed by atoms with Crippen LogP contribution in [0.5, 0.6) is 0 Å². The van der Waals surface area contributed by atoms with Crippen LogP contribution in [0.4, 0.5) is 45.5 Å². The molecule has 0 unspecified atom stereocenters. The quantitative estimate of drug-likeness (QED) is 0.108. The minimum atomic E-state index is -0.281. The highest BCUT2D eigenvalue weighted by Crippen LogP contribution is 2.39. The van der Waals surface area contributed by atoms with Gasteiger partial charge in [-0.15, -0.1) is 0 Å². The zero-order valence-corrected chi connectivity index (χ0v) is 28.2. The SMILES string of the molecule is CC(C)(C)Nc1ccc(Nc2ccc(C(C)(C)C(C)(C)Nc3ccc(Nc4ccc(C(C)(C)C)c(N)c4)c(N)c3)cc2)cc1. The number of anilines is 8. The average molecular weight is 593 g/mol. The van der Waals surface area contributed by atoms with Crippen molar-refractivity contribution in [2.75, 3.05) is 32.7 Å². The van der Waals surface area contributed by atoms with E-state index >= 15 is 0 Å². The maximum absolute atomic E-state index is 6.52. The molecule has 0 bridgehead atoms. The van der Waals surface area contributed by atoms with Gasteiger partial charge >= 0.3 is 0 Å². The summed E-state index contributed by atoms with van der Waals surface area (Å²) in [5.74, 6) is 0. The first-order valence-corrected chi connectivity index (χ1v) is 15.4. The van der Waals surface area contributed by atoms with Gasteiger partial charge in [0.05, 0.1) is 11.4 Å². The number of nitrogens with two attached hydrogens (primary N) is 2. The van der Waals surface area contributed by atoms with E-state index in [1.807, 2.05) is 18.2 Å². The van der Waals surface area contributed by atoms with Gasteiger partial charge in [-0.1, -0.05) is 52.8 Å². The molecule has 0 aliphatic rings. The predicted octanol–water partition coefficient (Wildman–Crippen LogP) is 10.0. The number of benzene rings is 4. The van der Waals surface area contributed by atoms with Crippen LogP contribution >= 0.6 is 0 Å². The van der Waals surface area contributed by atoms with E-state index in [2.05, 4.69) is 157 Å². The van der Waals surface area contributed by atoms with Crippen molar-refractivity contribution < 1.29 is 0 Å². The number of rotatable bonds is 9. The molecule has 6 heteroatoms. The van der Waals surface area contributed by atoms with Crippen LogP contribution in [0.15, 0.2) is 84.9 Å². The van der Waals surface area contributed by atoms with Crippen molar-refractivity contribution in [3.05, 3.63) is 96.1 Å². The summed E-state index contributed by atoms with van der Waals surface area (Å²) in [6.45, 7) is 22.0. The molecule has 0 amide bonds. The summed E-state index contributed by atoms with van der Waals surface area (Å²) in [5.41, 5.74) is 22.2. The summed E-state index contributed by atoms with van der Waals surface area (Å²) in [6.07, 6.45) is 0. The third-order valence-corrected chi connectivity index (χ3v) is 8.51. The largest absolute Gasteiger partial charge is 0.398 e. The standard InChI is InChI=1S/C38H52N6/c1-35(2,3)31-21-19-29(23-32(31)39)42-34-22-20-30(24-33(34)40)44-38(9,10)37(7,8)25-11-13-26(14-12-25)41-27-15-17-28(18-16-27)43-36(4,5)6/h11-24,41-44H,39-40H2,1-10H3. The molecular weight excluding hydrogens is 540 g/mol. The third kappa shape index (κ3) is 7.79. The van der Waals surface area contributed by atoms with Gasteiger partial charge in [-0.05, 0) is 118 Å². The molecule has 0 radical (unpaired) electrons. The van der Waals surface area contributed by atoms with E-state index in [0.717, 1.165) is 45.4 Å². The van der Waals surface area contributed by atoms with Crippen molar-refractivity contribution in [2.45, 2.75) is 91.1 Å². The molecule has 0 aliphatic heterocycles. The molecule has 4 aromatic rings. The molecule has 0 atom stereocenters. The summed E-state index contributed by atoms with van der Waals surface area (Å²) in [6, 6.07) is 29.3. The second-order valence-electron chi connectivity index (χ2n) is 15.0. The van der Waals surface area contributed by atoms with Crippen LogP contribution in [-0.2, 0) is 10.8 Å². The normalized spacial score (nSPS) is 12.5. The lowest BCUT2D eigenvalue weighted by atomic mass is 9.69. The lowest BCUT2D eigenvalue weighted by Gasteiger charge is -2.43. The molecule has 44 heavy (non-hydrogen) atoms. The van der Waals surface area contributed by atoms with E-state index in [-0.39, 0.29) is 21.9 Å². The Balaban J connectivity index is 1.43. The minimum absolute atomic E-state index is 0.00862. The molecule has 0 aliphatic carbocycles. The molecule has 8 N–H and O–H groups in total. The van der Waals surface area contributed by atoms with Gasteiger partial charge in [-0.2, -0.15) is 0 Å². The smallest absolute Gasteiger partial charge is 0.0619 e. The molecular formula is C38H52N6. The van der Waals surface area contributed by atoms with Gasteiger partial charge in [0.15, 0.2) is 0 Å². The third-order valence-electron chi connectivity index (χ3n) is 8.51. The van der Waals surface area contributed by atoms with Crippen molar-refractivity contribution in [2.24, 2.45) is 0 Å². The van der Waals surface area contributed by atoms with Gasteiger partial charge in [-0.3, -0.25) is 0 Å². The number of nitrogens with one attached hydrogen (secondary N) is 4. The number of nitrogen functional groups attached to an aromatic ring is 2. The van der Waals surface area contributed by atoms with E-state index in [0.29, 0.717) is 5.69 Å². The zero-order valence-electron chi connectivity index (χ0n) is 28.2. The molecule has 0 aromatic heterocycles. The number of hydrogen-bond acceptors (Lipinski definition) is 6. The Hall–Kier alpha value is -4.32. The maximum atomic E-state index is 6.52. The second-order valence-corrected chi connectivity index (χ2v) is 15.0. The topological polar surface area (TPSA) is 100 Å². The molecule has 234 valence electrons. The lowest BCUT2D eigenvalue weighted by Crippen LogP contribution is -2.49. The summed E-state index contributed by atoms with van der Waals surface area (Å²) < 4.78 is 0. The molecule has 0 saturated carbocycles. The summed E-state index contributed by atoms with van der Waals surface area (Å²) >= 11 is 0. The summed E-state index contributed by atoms with van der Waals surface area (Å²) in [5, 5.41) is 14.2. The first-order valence-electron chi connectivity index (χ1n) is 15.4. The van der Waals surface area contributed by atoms with E-state index in [1.54, 1.807) is 0 Å². The van der Waals surface area contributed by atoms with Gasteiger partial charge in [0.25, 0.3) is 0 Å². The fourth-order valence-electron chi connectivity index (χ4n) is 5.32. The Morgan fingerprint density at radius 3 is 1.50 bits per heavy atom. The first-order chi connectivity index (χ1) is 20.3. The monoisotopic (exact) mass is 592 g/mol. The van der Waals surface area contributed by atoms with E-state index in [1.165, 1.54) is 5.56 Å². The van der Waals surface area contributed by atoms with Crippen molar-refractivity contribution in [3.63, 3.8) is 0 Å². The summed E-state index contributed by atoms with van der Waals surface area (Å²) in [7, 11) is 0. The fourth-order valence-corrected chi connectivity index (χ4v) is 5.32. The van der Waals surface area contributed by atoms with E-state index < -0.39 is 0 Å². The van der Waals surface area contributed by atoms with Crippen LogP contribution in [0.2, 0.25) is 0 Å². The van der Waals surface area contributed by atoms with Crippen LogP contribution in [-0.4, -0.2) is 11.1 Å². The number of hydrogen-bond donors (Lipinski definition) is 6. The van der Waals surface area contributed by atoms with E-state index in [4.69, 9.17) is 11.5 Å². The highest BCUT2D eigenvalue weighted by Gasteiger charge is 2.38. The highest BCUT2D eigenvalue weighted by atomic mass is 15.0. The van der Waals surface area contributed by atoms with Crippen LogP contribution in [0.3, 0.4) is 0 Å². The molecule has 0 heterocycles. The van der Waals surface area contributed by atoms with Gasteiger partial charge < -0.3 is 32.7 Å². The Kier molecular flexibility index (Phi) is 8.88. The molecule has 4 aromatic carbocycles. The van der Waals surface area contributed by atoms with Gasteiger partial charge in [0.2, 0.25) is 0 Å². The van der Waals surface area contributed by atoms with Gasteiger partial charge in [0, 0.05) is 50.6 Å². The van der Waals surface area contributed by atoms with Crippen molar-refractivity contribution in [1.82, 2.24) is 0 Å². The first kappa shape index (κ1) is 32.6. The Bertz CT molecular complexity index is 1570. The van der Waals surface area contributed by atoms with Crippen LogP contribution in [0.25, 0.3) is 0 Å². The predicted molar refractivity (Wildman–Crippen MR) is 194 cm³/mol. The molecule has 0 saturated heterocycles. The zero-order chi connectivity index (χ0) is 32.5. The van der Waals surface area contributed by atoms with Crippen molar-refractivity contribution in [1.29, 1.82) is 0 Å². The van der Waals surface area contributed by atoms with Crippen molar-refractivity contribution in [3.8, 4) is 0 Å². The Morgan fingerprint density at radius 1 is 0.477 bits per heavy atom. The van der Waals surface area contributed by atoms with Gasteiger partial charge in [-0.25, -0.2) is 0 Å². The molecule has 0 spiro atoms. The molecule has 6 nitrogen and oxygen atoms in total. The van der Waals surface area contributed by atoms with Crippen LogP contribution < -0.4 is 32.7 Å². The molecule has 4 rings (SSSR count). The van der Waals surface area contributed by atoms with Gasteiger partial charge in [0.1, 0.15) is 0 Å². The van der Waals surface area contributed by atoms with Crippen LogP contribution in [0, 0.1) is 0 Å². The maximum Gasteiger partial charge on any atom is 0.0619 e. The van der Waals surface area contributed by atoms with Crippen LogP contribution in [0.1, 0.15) is 80.4 Å². The Morgan fingerprint density at radius 2 is 0.977 bits per heavy atom. The highest BCUT2D eigenvalue weighted by molar-refractivity contribution is 5.77. The average Bonchev–Trinajstić information content (AvgIpc) is 2.90. The minimum Gasteiger partial charge on any atom is -0.398 e. The fraction of sp³-hybridized carbons (Fsp3) is 0.368. The van der Waals surface area contributed by atoms with E-state index in [9.17, 15) is 0 Å². The molecule has 0 fully saturated rings. The van der Waals surface area contributed by atoms with Crippen molar-refractivity contribution >= 4 is 45.5 Å². The second kappa shape index (κ2) is 12.0.